The Morgan fingerprint density at radius 2 is 0.875 bits per heavy atom. The van der Waals surface area contributed by atoms with E-state index in [-0.39, 0.29) is 112 Å². The third-order valence-corrected chi connectivity index (χ3v) is 12.2. The van der Waals surface area contributed by atoms with Crippen molar-refractivity contribution in [2.45, 2.75) is 78.3 Å². The third kappa shape index (κ3) is 10.8. The molecule has 0 fully saturated rings. The van der Waals surface area contributed by atoms with Gasteiger partial charge in [0, 0.05) is 55.8 Å². The molecule has 7 rings (SSSR count). The Balaban J connectivity index is 1.11. The number of hydrogen-bond acceptors (Lipinski definition) is 16. The Morgan fingerprint density at radius 1 is 0.528 bits per heavy atom. The standard InChI is InChI=1S/C52H54N6O14/c1-7-37(59)53-17-19-69-39(61)13-15-41(63)71-25-29(21-27(3)4)57-49(65)33-11-9-31-45-43(33)35(51(57)67)23-55-47(45)32-10-12-34-44-36(24-56-48(31)46(32)44)52(68)58(50(34)66)30(22-28(5)6)26-72-42(64)16-14-40(62)70-20-18-54-38(60)8-2/h7-12,23-24,27-30H,1-2,13-22,25-26H2,3-6H3,(H,53,59)(H,54,60). The molecule has 0 spiro atoms. The number of nitrogens with zero attached hydrogens (tertiary/aromatic N) is 4. The van der Waals surface area contributed by atoms with Gasteiger partial charge in [0.1, 0.15) is 26.4 Å². The SMILES string of the molecule is C=CC(=O)NCCOC(=O)CCC(=O)OCC(CC(C)C)N1C(=O)c2ccc3c4ncc5c6c(ccc(c7ncc(c2c37)C1=O)c64)C(=O)N(C(COC(=O)CCC(=O)OCCNC(=O)C=C)CC(C)C)C5=O. The molecule has 3 aromatic carbocycles. The van der Waals surface area contributed by atoms with Crippen molar-refractivity contribution < 1.29 is 66.9 Å². The predicted molar refractivity (Wildman–Crippen MR) is 259 cm³/mol. The van der Waals surface area contributed by atoms with Crippen LogP contribution in [0, 0.1) is 11.8 Å². The lowest BCUT2D eigenvalue weighted by atomic mass is 9.85. The molecule has 20 nitrogen and oxygen atoms in total. The average Bonchev–Trinajstić information content (AvgIpc) is 3.35. The number of amides is 6. The maximum Gasteiger partial charge on any atom is 0.306 e. The van der Waals surface area contributed by atoms with Crippen LogP contribution in [0.4, 0.5) is 0 Å². The Morgan fingerprint density at radius 3 is 1.22 bits per heavy atom. The first-order chi connectivity index (χ1) is 34.4. The van der Waals surface area contributed by atoms with Crippen LogP contribution in [0.3, 0.4) is 0 Å². The van der Waals surface area contributed by atoms with E-state index in [1.54, 1.807) is 24.3 Å². The first kappa shape index (κ1) is 51.7. The first-order valence-corrected chi connectivity index (χ1v) is 23.6. The van der Waals surface area contributed by atoms with Crippen molar-refractivity contribution in [2.75, 3.05) is 39.5 Å². The summed E-state index contributed by atoms with van der Waals surface area (Å²) < 4.78 is 21.2. The molecule has 2 N–H and O–H groups in total. The molecule has 0 aliphatic carbocycles. The van der Waals surface area contributed by atoms with E-state index in [0.29, 0.717) is 43.4 Å². The minimum absolute atomic E-state index is 0.0402. The molecule has 2 aromatic heterocycles. The summed E-state index contributed by atoms with van der Waals surface area (Å²) in [6.45, 7) is 13.5. The van der Waals surface area contributed by atoms with Gasteiger partial charge in [-0.2, -0.15) is 0 Å². The van der Waals surface area contributed by atoms with E-state index >= 15 is 0 Å². The van der Waals surface area contributed by atoms with Gasteiger partial charge < -0.3 is 29.6 Å². The molecule has 2 unspecified atom stereocenters. The van der Waals surface area contributed by atoms with Gasteiger partial charge in [0.25, 0.3) is 23.6 Å². The molecule has 0 saturated heterocycles. The predicted octanol–water partition coefficient (Wildman–Crippen LogP) is 4.89. The number of imide groups is 2. The normalized spacial score (nSPS) is 14.0. The van der Waals surface area contributed by atoms with Crippen LogP contribution in [0.1, 0.15) is 108 Å². The summed E-state index contributed by atoms with van der Waals surface area (Å²) in [5.41, 5.74) is 1.49. The first-order valence-electron chi connectivity index (χ1n) is 23.6. The monoisotopic (exact) mass is 986 g/mol. The van der Waals surface area contributed by atoms with Gasteiger partial charge in [-0.1, -0.05) is 53.0 Å². The summed E-state index contributed by atoms with van der Waals surface area (Å²) in [6.07, 6.45) is 4.28. The van der Waals surface area contributed by atoms with E-state index < -0.39 is 71.4 Å². The highest BCUT2D eigenvalue weighted by atomic mass is 16.5. The van der Waals surface area contributed by atoms with Crippen LogP contribution in [0.15, 0.2) is 62.0 Å². The second kappa shape index (κ2) is 22.3. The molecule has 0 radical (unpaired) electrons. The summed E-state index contributed by atoms with van der Waals surface area (Å²) in [4.78, 5) is 142. The van der Waals surface area contributed by atoms with Crippen molar-refractivity contribution in [3.63, 3.8) is 0 Å². The number of ether oxygens (including phenoxy) is 4. The maximum absolute atomic E-state index is 14.5. The van der Waals surface area contributed by atoms with Crippen LogP contribution >= 0.6 is 0 Å². The van der Waals surface area contributed by atoms with Crippen LogP contribution in [-0.2, 0) is 47.7 Å². The number of nitrogens with one attached hydrogen (secondary N) is 2. The average molecular weight is 987 g/mol. The third-order valence-electron chi connectivity index (χ3n) is 12.2. The highest BCUT2D eigenvalue weighted by Gasteiger charge is 2.42. The van der Waals surface area contributed by atoms with Crippen molar-refractivity contribution in [3.05, 3.63) is 84.2 Å². The zero-order valence-electron chi connectivity index (χ0n) is 40.3. The number of carbonyl (C=O) groups excluding carboxylic acids is 10. The van der Waals surface area contributed by atoms with Crippen LogP contribution in [0.2, 0.25) is 0 Å². The van der Waals surface area contributed by atoms with Gasteiger partial charge in [0.05, 0.1) is 73.0 Å². The maximum atomic E-state index is 14.5. The van der Waals surface area contributed by atoms with Gasteiger partial charge >= 0.3 is 23.9 Å². The lowest BCUT2D eigenvalue weighted by Crippen LogP contribution is -2.50. The van der Waals surface area contributed by atoms with Crippen molar-refractivity contribution >= 4 is 103 Å². The number of aromatic nitrogens is 2. The Kier molecular flexibility index (Phi) is 16.0. The number of pyridine rings is 2. The Bertz CT molecular complexity index is 2750. The fourth-order valence-electron chi connectivity index (χ4n) is 9.11. The lowest BCUT2D eigenvalue weighted by molar-refractivity contribution is -0.151. The van der Waals surface area contributed by atoms with Crippen LogP contribution < -0.4 is 10.6 Å². The van der Waals surface area contributed by atoms with Crippen molar-refractivity contribution in [2.24, 2.45) is 11.8 Å². The molecule has 6 amide bonds. The van der Waals surface area contributed by atoms with E-state index in [4.69, 9.17) is 28.9 Å². The van der Waals surface area contributed by atoms with Crippen LogP contribution in [0.5, 0.6) is 0 Å². The number of carbonyl (C=O) groups is 10. The number of hydrogen-bond donors (Lipinski definition) is 2. The van der Waals surface area contributed by atoms with E-state index in [9.17, 15) is 47.9 Å². The fourth-order valence-corrected chi connectivity index (χ4v) is 9.11. The highest BCUT2D eigenvalue weighted by molar-refractivity contribution is 6.39. The second-order valence-corrected chi connectivity index (χ2v) is 18.2. The number of rotatable bonds is 24. The Labute approximate surface area is 412 Å². The van der Waals surface area contributed by atoms with Gasteiger partial charge in [-0.05, 0) is 49.0 Å². The van der Waals surface area contributed by atoms with Crippen molar-refractivity contribution in [3.8, 4) is 0 Å². The van der Waals surface area contributed by atoms with Crippen molar-refractivity contribution in [1.29, 1.82) is 0 Å². The summed E-state index contributed by atoms with van der Waals surface area (Å²) in [5.74, 6) is -6.29. The van der Waals surface area contributed by atoms with Gasteiger partial charge in [-0.3, -0.25) is 67.7 Å². The zero-order valence-corrected chi connectivity index (χ0v) is 40.3. The molecule has 2 aliphatic heterocycles. The quantitative estimate of drug-likeness (QED) is 0.0159. The van der Waals surface area contributed by atoms with Crippen LogP contribution in [0.25, 0.3) is 43.4 Å². The summed E-state index contributed by atoms with van der Waals surface area (Å²) in [5, 5.41) is 7.64. The van der Waals surface area contributed by atoms with Gasteiger partial charge in [-0.25, -0.2) is 0 Å². The smallest absolute Gasteiger partial charge is 0.306 e. The van der Waals surface area contributed by atoms with E-state index in [1.165, 1.54) is 12.4 Å². The topological polar surface area (TPSA) is 264 Å². The fraction of sp³-hybridized carbons (Fsp3) is 0.385. The van der Waals surface area contributed by atoms with Crippen LogP contribution in [-0.4, -0.2) is 131 Å². The van der Waals surface area contributed by atoms with E-state index in [2.05, 4.69) is 23.8 Å². The van der Waals surface area contributed by atoms with Crippen molar-refractivity contribution in [1.82, 2.24) is 30.4 Å². The van der Waals surface area contributed by atoms with Gasteiger partial charge in [-0.15, -0.1) is 0 Å². The number of fused-ring (bicyclic) bond motifs is 2. The molecule has 20 heteroatoms. The molecule has 5 aromatic rings. The second-order valence-electron chi connectivity index (χ2n) is 18.2. The lowest BCUT2D eigenvalue weighted by Gasteiger charge is -2.35. The minimum atomic E-state index is -0.878. The molecule has 0 saturated carbocycles. The number of benzene rings is 3. The summed E-state index contributed by atoms with van der Waals surface area (Å²) in [7, 11) is 0. The van der Waals surface area contributed by atoms with E-state index in [1.807, 2.05) is 27.7 Å². The largest absolute Gasteiger partial charge is 0.464 e. The summed E-state index contributed by atoms with van der Waals surface area (Å²) >= 11 is 0. The zero-order chi connectivity index (χ0) is 52.0. The number of esters is 4. The molecular weight excluding hydrogens is 933 g/mol. The molecule has 72 heavy (non-hydrogen) atoms. The Hall–Kier alpha value is -8.16. The molecule has 2 aliphatic rings. The minimum Gasteiger partial charge on any atom is -0.464 e. The summed E-state index contributed by atoms with van der Waals surface area (Å²) in [6, 6.07) is 4.81. The molecule has 376 valence electrons. The molecule has 2 atom stereocenters. The van der Waals surface area contributed by atoms with Gasteiger partial charge in [0.15, 0.2) is 0 Å². The van der Waals surface area contributed by atoms with E-state index in [0.717, 1.165) is 22.0 Å². The van der Waals surface area contributed by atoms with Gasteiger partial charge in [0.2, 0.25) is 11.8 Å². The molecule has 4 heterocycles. The molecule has 0 bridgehead atoms. The highest BCUT2D eigenvalue weighted by Crippen LogP contribution is 2.45. The molecular formula is C52H54N6O14.